The SMILES string of the molecule is CCOc1ccc(Oc2ccc(NC(=O)C[NH+](C)Cc3ccco3)cc2)cc1. The number of amides is 1. The van der Waals surface area contributed by atoms with Crippen molar-refractivity contribution in [2.45, 2.75) is 13.5 Å². The van der Waals surface area contributed by atoms with Crippen molar-refractivity contribution in [2.24, 2.45) is 0 Å². The van der Waals surface area contributed by atoms with Crippen LogP contribution in [0, 0.1) is 0 Å². The predicted octanol–water partition coefficient (Wildman–Crippen LogP) is 3.12. The van der Waals surface area contributed by atoms with E-state index in [1.165, 1.54) is 0 Å². The summed E-state index contributed by atoms with van der Waals surface area (Å²) in [7, 11) is 1.95. The summed E-state index contributed by atoms with van der Waals surface area (Å²) in [6.07, 6.45) is 1.64. The molecule has 1 aromatic heterocycles. The molecule has 1 heterocycles. The van der Waals surface area contributed by atoms with Gasteiger partial charge in [0.1, 0.15) is 23.8 Å². The Morgan fingerprint density at radius 1 is 1.00 bits per heavy atom. The highest BCUT2D eigenvalue weighted by Gasteiger charge is 2.12. The lowest BCUT2D eigenvalue weighted by molar-refractivity contribution is -0.886. The molecule has 28 heavy (non-hydrogen) atoms. The summed E-state index contributed by atoms with van der Waals surface area (Å²) in [5.41, 5.74) is 0.731. The number of likely N-dealkylation sites (N-methyl/N-ethyl adjacent to an activating group) is 1. The molecule has 2 N–H and O–H groups in total. The van der Waals surface area contributed by atoms with Gasteiger partial charge in [0.15, 0.2) is 12.3 Å². The van der Waals surface area contributed by atoms with Crippen LogP contribution in [0.25, 0.3) is 0 Å². The van der Waals surface area contributed by atoms with Gasteiger partial charge in [-0.1, -0.05) is 0 Å². The summed E-state index contributed by atoms with van der Waals surface area (Å²) in [6, 6.07) is 18.5. The van der Waals surface area contributed by atoms with E-state index in [-0.39, 0.29) is 5.91 Å². The topological polar surface area (TPSA) is 65.1 Å². The number of carbonyl (C=O) groups is 1. The molecule has 6 heteroatoms. The summed E-state index contributed by atoms with van der Waals surface area (Å²) in [5, 5.41) is 2.90. The molecule has 0 fully saturated rings. The van der Waals surface area contributed by atoms with Crippen LogP contribution in [0.15, 0.2) is 71.3 Å². The van der Waals surface area contributed by atoms with E-state index in [0.717, 1.165) is 27.8 Å². The number of carbonyl (C=O) groups excluding carboxylic acids is 1. The number of anilines is 1. The third kappa shape index (κ3) is 5.89. The van der Waals surface area contributed by atoms with Gasteiger partial charge in [0.25, 0.3) is 5.91 Å². The number of hydrogen-bond donors (Lipinski definition) is 2. The largest absolute Gasteiger partial charge is 0.494 e. The Hall–Kier alpha value is -3.25. The highest BCUT2D eigenvalue weighted by Crippen LogP contribution is 2.25. The molecule has 146 valence electrons. The number of rotatable bonds is 9. The van der Waals surface area contributed by atoms with Crippen LogP contribution in [0.5, 0.6) is 17.2 Å². The monoisotopic (exact) mass is 381 g/mol. The van der Waals surface area contributed by atoms with Crippen molar-refractivity contribution in [3.63, 3.8) is 0 Å². The zero-order chi connectivity index (χ0) is 19.8. The zero-order valence-corrected chi connectivity index (χ0v) is 16.1. The maximum absolute atomic E-state index is 12.2. The van der Waals surface area contributed by atoms with E-state index in [1.54, 1.807) is 6.26 Å². The first-order valence-electron chi connectivity index (χ1n) is 9.26. The molecule has 0 saturated heterocycles. The molecular formula is C22H25N2O4+. The molecule has 1 unspecified atom stereocenters. The standard InChI is InChI=1S/C22H24N2O4/c1-3-26-18-10-12-20(13-11-18)28-19-8-6-17(7-9-19)23-22(25)16-24(2)15-21-5-4-14-27-21/h4-14H,3,15-16H2,1-2H3,(H,23,25)/p+1. The van der Waals surface area contributed by atoms with Crippen molar-refractivity contribution in [1.82, 2.24) is 0 Å². The molecule has 0 aliphatic carbocycles. The quantitative estimate of drug-likeness (QED) is 0.598. The van der Waals surface area contributed by atoms with E-state index in [4.69, 9.17) is 13.9 Å². The summed E-state index contributed by atoms with van der Waals surface area (Å²) in [5.74, 6) is 3.04. The van der Waals surface area contributed by atoms with E-state index < -0.39 is 0 Å². The Kier molecular flexibility index (Phi) is 6.70. The molecule has 1 amide bonds. The van der Waals surface area contributed by atoms with Crippen molar-refractivity contribution in [3.05, 3.63) is 72.7 Å². The van der Waals surface area contributed by atoms with Crippen molar-refractivity contribution in [3.8, 4) is 17.2 Å². The Bertz CT molecular complexity index is 859. The highest BCUT2D eigenvalue weighted by molar-refractivity contribution is 5.91. The van der Waals surface area contributed by atoms with Crippen LogP contribution < -0.4 is 19.7 Å². The second-order valence-electron chi connectivity index (χ2n) is 6.47. The molecule has 3 rings (SSSR count). The molecule has 0 saturated carbocycles. The third-order valence-electron chi connectivity index (χ3n) is 4.03. The maximum Gasteiger partial charge on any atom is 0.279 e. The van der Waals surface area contributed by atoms with Gasteiger partial charge in [0, 0.05) is 5.69 Å². The number of furan rings is 1. The van der Waals surface area contributed by atoms with Gasteiger partial charge in [-0.3, -0.25) is 4.79 Å². The van der Waals surface area contributed by atoms with Crippen LogP contribution in [0.2, 0.25) is 0 Å². The van der Waals surface area contributed by atoms with E-state index in [1.807, 2.05) is 74.6 Å². The van der Waals surface area contributed by atoms with Crippen LogP contribution in [0.3, 0.4) is 0 Å². The second-order valence-corrected chi connectivity index (χ2v) is 6.47. The summed E-state index contributed by atoms with van der Waals surface area (Å²) < 4.78 is 16.5. The van der Waals surface area contributed by atoms with Gasteiger partial charge >= 0.3 is 0 Å². The van der Waals surface area contributed by atoms with Crippen molar-refractivity contribution in [1.29, 1.82) is 0 Å². The van der Waals surface area contributed by atoms with Gasteiger partial charge in [0.2, 0.25) is 0 Å². The van der Waals surface area contributed by atoms with Gasteiger partial charge in [0.05, 0.1) is 19.9 Å². The summed E-state index contributed by atoms with van der Waals surface area (Å²) in [6.45, 7) is 3.59. The molecule has 0 bridgehead atoms. The number of benzene rings is 2. The van der Waals surface area contributed by atoms with Crippen LogP contribution in [-0.4, -0.2) is 26.1 Å². The molecule has 0 spiro atoms. The molecule has 0 aliphatic heterocycles. The molecular weight excluding hydrogens is 356 g/mol. The number of ether oxygens (including phenoxy) is 2. The predicted molar refractivity (Wildman–Crippen MR) is 107 cm³/mol. The lowest BCUT2D eigenvalue weighted by Gasteiger charge is -2.13. The average Bonchev–Trinajstić information content (AvgIpc) is 3.18. The van der Waals surface area contributed by atoms with Crippen LogP contribution in [0.4, 0.5) is 5.69 Å². The summed E-state index contributed by atoms with van der Waals surface area (Å²) in [4.78, 5) is 13.3. The van der Waals surface area contributed by atoms with Gasteiger partial charge in [-0.2, -0.15) is 0 Å². The first-order valence-corrected chi connectivity index (χ1v) is 9.26. The van der Waals surface area contributed by atoms with Crippen LogP contribution in [-0.2, 0) is 11.3 Å². The first-order chi connectivity index (χ1) is 13.6. The van der Waals surface area contributed by atoms with Gasteiger partial charge in [-0.15, -0.1) is 0 Å². The normalized spacial score (nSPS) is 11.6. The van der Waals surface area contributed by atoms with Crippen molar-refractivity contribution in [2.75, 3.05) is 25.5 Å². The minimum absolute atomic E-state index is 0.0516. The van der Waals surface area contributed by atoms with Gasteiger partial charge in [-0.05, 0) is 67.6 Å². The third-order valence-corrected chi connectivity index (χ3v) is 4.03. The minimum Gasteiger partial charge on any atom is -0.494 e. The van der Waals surface area contributed by atoms with E-state index >= 15 is 0 Å². The van der Waals surface area contributed by atoms with Crippen molar-refractivity contribution < 1.29 is 23.6 Å². The Morgan fingerprint density at radius 3 is 2.25 bits per heavy atom. The Morgan fingerprint density at radius 2 is 1.64 bits per heavy atom. The lowest BCUT2D eigenvalue weighted by Crippen LogP contribution is -3.08. The molecule has 0 radical (unpaired) electrons. The lowest BCUT2D eigenvalue weighted by atomic mass is 10.3. The maximum atomic E-state index is 12.2. The number of quaternary nitrogens is 1. The van der Waals surface area contributed by atoms with E-state index in [9.17, 15) is 4.79 Å². The van der Waals surface area contributed by atoms with E-state index in [2.05, 4.69) is 5.32 Å². The summed E-state index contributed by atoms with van der Waals surface area (Å²) >= 11 is 0. The first kappa shape index (κ1) is 19.5. The molecule has 2 aromatic carbocycles. The minimum atomic E-state index is -0.0516. The Balaban J connectivity index is 1.48. The van der Waals surface area contributed by atoms with Gasteiger partial charge in [-0.25, -0.2) is 0 Å². The fraction of sp³-hybridized carbons (Fsp3) is 0.227. The molecule has 1 atom stereocenters. The van der Waals surface area contributed by atoms with E-state index in [0.29, 0.717) is 25.4 Å². The number of hydrogen-bond acceptors (Lipinski definition) is 4. The van der Waals surface area contributed by atoms with Crippen LogP contribution in [0.1, 0.15) is 12.7 Å². The second kappa shape index (κ2) is 9.62. The Labute approximate surface area is 164 Å². The van der Waals surface area contributed by atoms with Crippen molar-refractivity contribution >= 4 is 11.6 Å². The molecule has 6 nitrogen and oxygen atoms in total. The highest BCUT2D eigenvalue weighted by atomic mass is 16.5. The molecule has 0 aliphatic rings. The molecule has 3 aromatic rings. The zero-order valence-electron chi connectivity index (χ0n) is 16.1. The number of nitrogens with one attached hydrogen (secondary N) is 2. The fourth-order valence-electron chi connectivity index (χ4n) is 2.77. The smallest absolute Gasteiger partial charge is 0.279 e. The van der Waals surface area contributed by atoms with Gasteiger partial charge < -0.3 is 24.1 Å². The fourth-order valence-corrected chi connectivity index (χ4v) is 2.77. The van der Waals surface area contributed by atoms with Crippen LogP contribution >= 0.6 is 0 Å². The average molecular weight is 381 g/mol.